The molecular weight excluding hydrogens is 408 g/mol. The number of hydrogen-bond donors (Lipinski definition) is 2. The van der Waals surface area contributed by atoms with Crippen molar-refractivity contribution in [3.05, 3.63) is 65.6 Å². The molecule has 3 aromatic rings. The molecule has 8 heteroatoms. The standard InChI is InChI=1S/C24H28N4O4/c1-18(30)24-25-10-13-28(24)17-20-16-23(32-26-20)7-4-19-2-5-21(6-3-19)31-22-8-11-27(12-9-22)14-15-29/h2-3,5-6,10,13,16,18,22,29-30H,8-9,11-12,14-15,17H2,1H3/t18-/m0/s1. The van der Waals surface area contributed by atoms with Gasteiger partial charge in [0.25, 0.3) is 0 Å². The molecule has 1 fully saturated rings. The average molecular weight is 437 g/mol. The summed E-state index contributed by atoms with van der Waals surface area (Å²) in [6.45, 7) is 4.98. The smallest absolute Gasteiger partial charge is 0.210 e. The number of aliphatic hydroxyl groups is 2. The van der Waals surface area contributed by atoms with Crippen molar-refractivity contribution >= 4 is 0 Å². The summed E-state index contributed by atoms with van der Waals surface area (Å²) < 4.78 is 13.2. The summed E-state index contributed by atoms with van der Waals surface area (Å²) in [4.78, 5) is 6.41. The average Bonchev–Trinajstić information content (AvgIpc) is 3.45. The van der Waals surface area contributed by atoms with E-state index in [1.807, 2.05) is 28.8 Å². The fraction of sp³-hybridized carbons (Fsp3) is 0.417. The maximum Gasteiger partial charge on any atom is 0.210 e. The van der Waals surface area contributed by atoms with Gasteiger partial charge in [-0.3, -0.25) is 0 Å². The van der Waals surface area contributed by atoms with Gasteiger partial charge >= 0.3 is 0 Å². The molecule has 8 nitrogen and oxygen atoms in total. The minimum atomic E-state index is -0.651. The molecule has 0 spiro atoms. The van der Waals surface area contributed by atoms with E-state index in [0.717, 1.165) is 43.8 Å². The lowest BCUT2D eigenvalue weighted by atomic mass is 10.1. The first kappa shape index (κ1) is 22.1. The van der Waals surface area contributed by atoms with E-state index in [-0.39, 0.29) is 12.7 Å². The Balaban J connectivity index is 1.31. The molecule has 2 N–H and O–H groups in total. The van der Waals surface area contributed by atoms with E-state index in [4.69, 9.17) is 14.4 Å². The van der Waals surface area contributed by atoms with E-state index in [1.54, 1.807) is 25.4 Å². The molecule has 4 rings (SSSR count). The summed E-state index contributed by atoms with van der Waals surface area (Å²) in [6.07, 6.45) is 4.93. The first-order valence-electron chi connectivity index (χ1n) is 10.9. The Morgan fingerprint density at radius 2 is 2.00 bits per heavy atom. The summed E-state index contributed by atoms with van der Waals surface area (Å²) in [5.41, 5.74) is 1.57. The Bertz CT molecular complexity index is 1050. The molecule has 1 aromatic carbocycles. The molecule has 1 saturated heterocycles. The van der Waals surface area contributed by atoms with E-state index >= 15 is 0 Å². The minimum Gasteiger partial charge on any atom is -0.490 e. The number of aliphatic hydroxyl groups excluding tert-OH is 2. The molecule has 168 valence electrons. The zero-order valence-corrected chi connectivity index (χ0v) is 18.1. The number of β-amino-alcohol motifs (C(OH)–C–C–N with tert-alkyl or cyclic N) is 1. The van der Waals surface area contributed by atoms with E-state index in [2.05, 4.69) is 26.9 Å². The van der Waals surface area contributed by atoms with Crippen molar-refractivity contribution in [2.24, 2.45) is 0 Å². The summed E-state index contributed by atoms with van der Waals surface area (Å²) in [5.74, 6) is 7.98. The van der Waals surface area contributed by atoms with Gasteiger partial charge in [0.15, 0.2) is 0 Å². The van der Waals surface area contributed by atoms with Crippen molar-refractivity contribution in [1.82, 2.24) is 19.6 Å². The third-order valence-corrected chi connectivity index (χ3v) is 5.45. The number of hydrogen-bond acceptors (Lipinski definition) is 7. The van der Waals surface area contributed by atoms with Crippen molar-refractivity contribution in [3.63, 3.8) is 0 Å². The number of ether oxygens (including phenoxy) is 1. The normalized spacial score (nSPS) is 15.8. The molecule has 32 heavy (non-hydrogen) atoms. The fourth-order valence-electron chi connectivity index (χ4n) is 3.78. The first-order chi connectivity index (χ1) is 15.6. The molecule has 1 aliphatic heterocycles. The summed E-state index contributed by atoms with van der Waals surface area (Å²) in [5, 5.41) is 22.9. The molecule has 0 bridgehead atoms. The molecule has 1 aliphatic rings. The summed E-state index contributed by atoms with van der Waals surface area (Å²) >= 11 is 0. The molecule has 3 heterocycles. The monoisotopic (exact) mass is 436 g/mol. The Morgan fingerprint density at radius 3 is 2.72 bits per heavy atom. The number of imidazole rings is 1. The highest BCUT2D eigenvalue weighted by Gasteiger charge is 2.20. The van der Waals surface area contributed by atoms with Crippen LogP contribution < -0.4 is 4.74 Å². The minimum absolute atomic E-state index is 0.206. The number of nitrogens with zero attached hydrogens (tertiary/aromatic N) is 4. The third-order valence-electron chi connectivity index (χ3n) is 5.45. The zero-order valence-electron chi connectivity index (χ0n) is 18.1. The van der Waals surface area contributed by atoms with Crippen LogP contribution in [0.15, 0.2) is 47.2 Å². The zero-order chi connectivity index (χ0) is 22.3. The largest absolute Gasteiger partial charge is 0.490 e. The Hall–Kier alpha value is -3.12. The van der Waals surface area contributed by atoms with Crippen LogP contribution in [-0.2, 0) is 6.54 Å². The van der Waals surface area contributed by atoms with Gasteiger partial charge in [-0.25, -0.2) is 4.98 Å². The van der Waals surface area contributed by atoms with Gasteiger partial charge in [-0.1, -0.05) is 11.1 Å². The van der Waals surface area contributed by atoms with E-state index in [1.165, 1.54) is 0 Å². The van der Waals surface area contributed by atoms with Crippen molar-refractivity contribution in [2.75, 3.05) is 26.2 Å². The van der Waals surface area contributed by atoms with Crippen molar-refractivity contribution in [3.8, 4) is 17.6 Å². The predicted molar refractivity (Wildman–Crippen MR) is 118 cm³/mol. The molecule has 0 saturated carbocycles. The molecule has 2 aromatic heterocycles. The lowest BCUT2D eigenvalue weighted by molar-refractivity contribution is 0.0889. The predicted octanol–water partition coefficient (Wildman–Crippen LogP) is 2.21. The van der Waals surface area contributed by atoms with Crippen molar-refractivity contribution in [1.29, 1.82) is 0 Å². The van der Waals surface area contributed by atoms with Crippen molar-refractivity contribution in [2.45, 2.75) is 38.5 Å². The van der Waals surface area contributed by atoms with Crippen LogP contribution >= 0.6 is 0 Å². The van der Waals surface area contributed by atoms with E-state index in [0.29, 0.717) is 23.8 Å². The topological polar surface area (TPSA) is 96.8 Å². The van der Waals surface area contributed by atoms with Gasteiger partial charge < -0.3 is 28.9 Å². The van der Waals surface area contributed by atoms with E-state index in [9.17, 15) is 5.11 Å². The van der Waals surface area contributed by atoms with Gasteiger partial charge in [0.1, 0.15) is 29.5 Å². The number of piperidine rings is 1. The highest BCUT2D eigenvalue weighted by molar-refractivity contribution is 5.41. The van der Waals surface area contributed by atoms with Gasteiger partial charge in [0, 0.05) is 43.7 Å². The molecule has 0 aliphatic carbocycles. The lowest BCUT2D eigenvalue weighted by Crippen LogP contribution is -2.39. The van der Waals surface area contributed by atoms with Crippen LogP contribution in [-0.4, -0.2) is 62.2 Å². The van der Waals surface area contributed by atoms with E-state index < -0.39 is 6.10 Å². The fourth-order valence-corrected chi connectivity index (χ4v) is 3.78. The lowest BCUT2D eigenvalue weighted by Gasteiger charge is -2.31. The molecule has 1 atom stereocenters. The molecule has 0 radical (unpaired) electrons. The van der Waals surface area contributed by atoms with Gasteiger partial charge in [0.05, 0.1) is 13.2 Å². The molecular formula is C24H28N4O4. The van der Waals surface area contributed by atoms with Crippen LogP contribution in [0.25, 0.3) is 0 Å². The summed E-state index contributed by atoms with van der Waals surface area (Å²) in [6, 6.07) is 9.53. The van der Waals surface area contributed by atoms with Crippen LogP contribution in [0.1, 0.15) is 48.7 Å². The Labute approximate surface area is 187 Å². The molecule has 0 unspecified atom stereocenters. The first-order valence-corrected chi connectivity index (χ1v) is 10.9. The number of benzene rings is 1. The van der Waals surface area contributed by atoms with Gasteiger partial charge in [-0.15, -0.1) is 0 Å². The van der Waals surface area contributed by atoms with Crippen LogP contribution in [0, 0.1) is 11.8 Å². The Morgan fingerprint density at radius 1 is 1.22 bits per heavy atom. The second-order valence-corrected chi connectivity index (χ2v) is 7.93. The van der Waals surface area contributed by atoms with Gasteiger partial charge in [-0.05, 0) is 50.0 Å². The molecule has 0 amide bonds. The SMILES string of the molecule is C[C@H](O)c1nccn1Cc1cc(C#Cc2ccc(OC3CCN(CCO)CC3)cc2)on1. The third kappa shape index (κ3) is 5.77. The van der Waals surface area contributed by atoms with Crippen LogP contribution in [0.5, 0.6) is 5.75 Å². The maximum atomic E-state index is 9.76. The number of aromatic nitrogens is 3. The second-order valence-electron chi connectivity index (χ2n) is 7.93. The number of likely N-dealkylation sites (tertiary alicyclic amines) is 1. The Kier molecular flexibility index (Phi) is 7.22. The highest BCUT2D eigenvalue weighted by Crippen LogP contribution is 2.19. The maximum absolute atomic E-state index is 9.76. The van der Waals surface area contributed by atoms with Gasteiger partial charge in [-0.2, -0.15) is 0 Å². The van der Waals surface area contributed by atoms with Crippen LogP contribution in [0.4, 0.5) is 0 Å². The highest BCUT2D eigenvalue weighted by atomic mass is 16.5. The van der Waals surface area contributed by atoms with Crippen LogP contribution in [0.3, 0.4) is 0 Å². The van der Waals surface area contributed by atoms with Crippen molar-refractivity contribution < 1.29 is 19.5 Å². The summed E-state index contributed by atoms with van der Waals surface area (Å²) in [7, 11) is 0. The van der Waals surface area contributed by atoms with Gasteiger partial charge in [0.2, 0.25) is 5.76 Å². The number of rotatable bonds is 7. The van der Waals surface area contributed by atoms with Crippen LogP contribution in [0.2, 0.25) is 0 Å². The second kappa shape index (κ2) is 10.5. The quantitative estimate of drug-likeness (QED) is 0.548.